The fourth-order valence-electron chi connectivity index (χ4n) is 2.54. The lowest BCUT2D eigenvalue weighted by Crippen LogP contribution is -2.56. The summed E-state index contributed by atoms with van der Waals surface area (Å²) < 4.78 is 5.75. The molecule has 0 aliphatic carbocycles. The molecule has 0 radical (unpaired) electrons. The van der Waals surface area contributed by atoms with Gasteiger partial charge in [0.2, 0.25) is 0 Å². The number of aromatic amines is 1. The molecule has 4 rings (SSSR count). The molecule has 3 aromatic rings. The van der Waals surface area contributed by atoms with E-state index in [1.807, 2.05) is 24.3 Å². The summed E-state index contributed by atoms with van der Waals surface area (Å²) in [5.41, 5.74) is 2.39. The Morgan fingerprint density at radius 2 is 2.23 bits per heavy atom. The molecule has 2 aromatic heterocycles. The highest BCUT2D eigenvalue weighted by atomic mass is 16.5. The van der Waals surface area contributed by atoms with E-state index in [2.05, 4.69) is 15.0 Å². The van der Waals surface area contributed by atoms with E-state index < -0.39 is 0 Å². The van der Waals surface area contributed by atoms with Crippen LogP contribution in [0.1, 0.15) is 10.4 Å². The van der Waals surface area contributed by atoms with Crippen LogP contribution in [-0.2, 0) is 0 Å². The van der Waals surface area contributed by atoms with Gasteiger partial charge in [-0.1, -0.05) is 0 Å². The van der Waals surface area contributed by atoms with E-state index in [4.69, 9.17) is 4.74 Å². The van der Waals surface area contributed by atoms with Crippen molar-refractivity contribution in [2.75, 3.05) is 13.1 Å². The van der Waals surface area contributed by atoms with E-state index in [1.54, 1.807) is 29.7 Å². The Bertz CT molecular complexity index is 809. The highest BCUT2D eigenvalue weighted by Crippen LogP contribution is 2.20. The van der Waals surface area contributed by atoms with Gasteiger partial charge in [0, 0.05) is 11.8 Å². The molecule has 6 heteroatoms. The van der Waals surface area contributed by atoms with Crippen LogP contribution in [0.4, 0.5) is 0 Å². The zero-order valence-electron chi connectivity index (χ0n) is 11.8. The van der Waals surface area contributed by atoms with Crippen LogP contribution in [0.5, 0.6) is 5.75 Å². The average molecular weight is 294 g/mol. The molecule has 22 heavy (non-hydrogen) atoms. The van der Waals surface area contributed by atoms with E-state index in [9.17, 15) is 4.79 Å². The van der Waals surface area contributed by atoms with Gasteiger partial charge >= 0.3 is 0 Å². The van der Waals surface area contributed by atoms with Crippen LogP contribution >= 0.6 is 0 Å². The third-order valence-corrected chi connectivity index (χ3v) is 3.74. The number of benzene rings is 1. The monoisotopic (exact) mass is 294 g/mol. The summed E-state index contributed by atoms with van der Waals surface area (Å²) in [6.45, 7) is 1.18. The molecule has 1 N–H and O–H groups in total. The molecule has 0 atom stereocenters. The second kappa shape index (κ2) is 5.14. The van der Waals surface area contributed by atoms with E-state index >= 15 is 0 Å². The first kappa shape index (κ1) is 12.8. The second-order valence-electron chi connectivity index (χ2n) is 5.27. The van der Waals surface area contributed by atoms with Gasteiger partial charge in [-0.3, -0.25) is 9.78 Å². The number of H-pyrrole nitrogens is 1. The van der Waals surface area contributed by atoms with Crippen LogP contribution in [0.3, 0.4) is 0 Å². The van der Waals surface area contributed by atoms with Crippen molar-refractivity contribution in [2.45, 2.75) is 6.10 Å². The van der Waals surface area contributed by atoms with Gasteiger partial charge in [-0.05, 0) is 30.3 Å². The molecular weight excluding hydrogens is 280 g/mol. The van der Waals surface area contributed by atoms with Crippen molar-refractivity contribution >= 4 is 16.9 Å². The summed E-state index contributed by atoms with van der Waals surface area (Å²) in [4.78, 5) is 25.4. The van der Waals surface area contributed by atoms with Gasteiger partial charge in [0.05, 0.1) is 36.6 Å². The number of fused-ring (bicyclic) bond motifs is 1. The molecule has 1 saturated heterocycles. The highest BCUT2D eigenvalue weighted by molar-refractivity contribution is 5.97. The largest absolute Gasteiger partial charge is 0.485 e. The molecule has 1 fully saturated rings. The Morgan fingerprint density at radius 3 is 3.05 bits per heavy atom. The van der Waals surface area contributed by atoms with E-state index in [0.29, 0.717) is 18.7 Å². The maximum atomic E-state index is 12.4. The summed E-state index contributed by atoms with van der Waals surface area (Å²) in [7, 11) is 0. The normalized spacial score (nSPS) is 14.8. The van der Waals surface area contributed by atoms with Gasteiger partial charge in [0.15, 0.2) is 0 Å². The summed E-state index contributed by atoms with van der Waals surface area (Å²) in [5, 5.41) is 0. The van der Waals surface area contributed by atoms with Gasteiger partial charge in [-0.25, -0.2) is 4.98 Å². The van der Waals surface area contributed by atoms with Crippen molar-refractivity contribution in [1.29, 1.82) is 0 Å². The van der Waals surface area contributed by atoms with Crippen LogP contribution in [0.2, 0.25) is 0 Å². The standard InChI is InChI=1S/C16H14N4O2/c21-16(11-3-4-14-15(6-11)19-10-18-14)20-8-13(9-20)22-12-2-1-5-17-7-12/h1-7,10,13H,8-9H2,(H,18,19). The number of pyridine rings is 1. The van der Waals surface area contributed by atoms with Crippen LogP contribution in [-0.4, -0.2) is 45.0 Å². The predicted molar refractivity (Wildman–Crippen MR) is 80.7 cm³/mol. The van der Waals surface area contributed by atoms with Crippen LogP contribution < -0.4 is 4.74 Å². The zero-order chi connectivity index (χ0) is 14.9. The minimum atomic E-state index is 0.0162. The average Bonchev–Trinajstić information content (AvgIpc) is 2.98. The Kier molecular flexibility index (Phi) is 3.00. The number of likely N-dealkylation sites (tertiary alicyclic amines) is 1. The number of amides is 1. The van der Waals surface area contributed by atoms with Gasteiger partial charge in [0.1, 0.15) is 11.9 Å². The van der Waals surface area contributed by atoms with Gasteiger partial charge < -0.3 is 14.6 Å². The summed E-state index contributed by atoms with van der Waals surface area (Å²) >= 11 is 0. The lowest BCUT2D eigenvalue weighted by Gasteiger charge is -2.38. The van der Waals surface area contributed by atoms with E-state index in [0.717, 1.165) is 16.8 Å². The SMILES string of the molecule is O=C(c1ccc2nc[nH]c2c1)N1CC(Oc2cccnc2)C1. The van der Waals surface area contributed by atoms with Crippen molar-refractivity contribution in [1.82, 2.24) is 19.9 Å². The first-order chi connectivity index (χ1) is 10.8. The molecule has 3 heterocycles. The first-order valence-electron chi connectivity index (χ1n) is 7.09. The zero-order valence-corrected chi connectivity index (χ0v) is 11.8. The van der Waals surface area contributed by atoms with E-state index in [1.165, 1.54) is 0 Å². The molecule has 1 amide bonds. The molecule has 110 valence electrons. The van der Waals surface area contributed by atoms with Crippen LogP contribution in [0.15, 0.2) is 49.1 Å². The number of carbonyl (C=O) groups excluding carboxylic acids is 1. The first-order valence-corrected chi connectivity index (χ1v) is 7.09. The Balaban J connectivity index is 1.40. The second-order valence-corrected chi connectivity index (χ2v) is 5.27. The van der Waals surface area contributed by atoms with Crippen molar-refractivity contribution in [2.24, 2.45) is 0 Å². The number of aromatic nitrogens is 3. The Morgan fingerprint density at radius 1 is 1.32 bits per heavy atom. The fraction of sp³-hybridized carbons (Fsp3) is 0.188. The number of hydrogen-bond acceptors (Lipinski definition) is 4. The van der Waals surface area contributed by atoms with Crippen molar-refractivity contribution in [3.8, 4) is 5.75 Å². The number of nitrogens with one attached hydrogen (secondary N) is 1. The fourth-order valence-corrected chi connectivity index (χ4v) is 2.54. The molecule has 1 aliphatic rings. The quantitative estimate of drug-likeness (QED) is 0.800. The predicted octanol–water partition coefficient (Wildman–Crippen LogP) is 1.86. The molecule has 0 saturated carbocycles. The van der Waals surface area contributed by atoms with Crippen LogP contribution in [0, 0.1) is 0 Å². The topological polar surface area (TPSA) is 71.1 Å². The van der Waals surface area contributed by atoms with Crippen molar-refractivity contribution in [3.05, 3.63) is 54.6 Å². The number of nitrogens with zero attached hydrogens (tertiary/aromatic N) is 3. The minimum absolute atomic E-state index is 0.0162. The molecular formula is C16H14N4O2. The van der Waals surface area contributed by atoms with E-state index in [-0.39, 0.29) is 12.0 Å². The Hall–Kier alpha value is -2.89. The smallest absolute Gasteiger partial charge is 0.254 e. The summed E-state index contributed by atoms with van der Waals surface area (Å²) in [5.74, 6) is 0.751. The maximum absolute atomic E-state index is 12.4. The lowest BCUT2D eigenvalue weighted by atomic mass is 10.1. The number of rotatable bonds is 3. The van der Waals surface area contributed by atoms with Crippen LogP contribution in [0.25, 0.3) is 11.0 Å². The van der Waals surface area contributed by atoms with Crippen molar-refractivity contribution < 1.29 is 9.53 Å². The number of carbonyl (C=O) groups is 1. The third-order valence-electron chi connectivity index (χ3n) is 3.74. The summed E-state index contributed by atoms with van der Waals surface area (Å²) in [6, 6.07) is 9.18. The summed E-state index contributed by atoms with van der Waals surface area (Å²) in [6.07, 6.45) is 5.04. The van der Waals surface area contributed by atoms with Gasteiger partial charge in [0.25, 0.3) is 5.91 Å². The highest BCUT2D eigenvalue weighted by Gasteiger charge is 2.32. The third kappa shape index (κ3) is 2.28. The van der Waals surface area contributed by atoms with Gasteiger partial charge in [-0.2, -0.15) is 0 Å². The molecule has 6 nitrogen and oxygen atoms in total. The Labute approximate surface area is 126 Å². The number of imidazole rings is 1. The molecule has 1 aliphatic heterocycles. The number of hydrogen-bond donors (Lipinski definition) is 1. The lowest BCUT2D eigenvalue weighted by molar-refractivity contribution is 0.0177. The molecule has 0 spiro atoms. The molecule has 1 aromatic carbocycles. The number of ether oxygens (including phenoxy) is 1. The molecule has 0 unspecified atom stereocenters. The van der Waals surface area contributed by atoms with Crippen molar-refractivity contribution in [3.63, 3.8) is 0 Å². The maximum Gasteiger partial charge on any atom is 0.254 e. The molecule has 0 bridgehead atoms. The minimum Gasteiger partial charge on any atom is -0.485 e. The van der Waals surface area contributed by atoms with Gasteiger partial charge in [-0.15, -0.1) is 0 Å².